The van der Waals surface area contributed by atoms with Crippen LogP contribution in [-0.4, -0.2) is 33.8 Å². The summed E-state index contributed by atoms with van der Waals surface area (Å²) in [5, 5.41) is 4.89. The molecular formula is C21H19N3O2. The van der Waals surface area contributed by atoms with E-state index in [0.29, 0.717) is 13.0 Å². The van der Waals surface area contributed by atoms with Gasteiger partial charge in [-0.3, -0.25) is 14.5 Å². The van der Waals surface area contributed by atoms with Crippen molar-refractivity contribution in [1.82, 2.24) is 14.8 Å². The maximum Gasteiger partial charge on any atom is 0.163 e. The third-order valence-electron chi connectivity index (χ3n) is 5.30. The summed E-state index contributed by atoms with van der Waals surface area (Å²) in [6.07, 6.45) is 8.13. The van der Waals surface area contributed by atoms with Crippen molar-refractivity contribution in [2.24, 2.45) is 0 Å². The SMILES string of the molecule is O=C1CCc2cc(-c3cn([C@H]4CCOC4)nc3-c3ccncc3)ccc21. The van der Waals surface area contributed by atoms with Crippen LogP contribution in [0.15, 0.2) is 48.9 Å². The number of rotatable bonds is 3. The van der Waals surface area contributed by atoms with Crippen LogP contribution < -0.4 is 0 Å². The third kappa shape index (κ3) is 2.56. The van der Waals surface area contributed by atoms with E-state index in [1.165, 1.54) is 0 Å². The first-order chi connectivity index (χ1) is 12.8. The van der Waals surface area contributed by atoms with E-state index in [2.05, 4.69) is 17.2 Å². The Labute approximate surface area is 151 Å². The van der Waals surface area contributed by atoms with Gasteiger partial charge in [0.25, 0.3) is 0 Å². The molecule has 1 fully saturated rings. The van der Waals surface area contributed by atoms with E-state index in [1.807, 2.05) is 28.9 Å². The number of Topliss-reactive ketones (excluding diaryl/α,β-unsaturated/α-hetero) is 1. The average Bonchev–Trinajstić information content (AvgIpc) is 3.42. The molecule has 26 heavy (non-hydrogen) atoms. The van der Waals surface area contributed by atoms with Crippen molar-refractivity contribution in [3.05, 3.63) is 60.0 Å². The van der Waals surface area contributed by atoms with Crippen molar-refractivity contribution >= 4 is 5.78 Å². The van der Waals surface area contributed by atoms with Gasteiger partial charge in [-0.2, -0.15) is 5.10 Å². The first-order valence-corrected chi connectivity index (χ1v) is 9.03. The van der Waals surface area contributed by atoms with E-state index in [1.54, 1.807) is 12.4 Å². The molecule has 2 aromatic heterocycles. The molecule has 2 aliphatic rings. The van der Waals surface area contributed by atoms with Crippen molar-refractivity contribution in [2.75, 3.05) is 13.2 Å². The lowest BCUT2D eigenvalue weighted by molar-refractivity contribution is 0.0994. The standard InChI is InChI=1S/C21H19N3O2/c25-20-4-2-15-11-16(1-3-18(15)20)19-12-24(17-7-10-26-13-17)23-21(19)14-5-8-22-9-6-14/h1,3,5-6,8-9,11-12,17H,2,4,7,10,13H2/t17-/m0/s1. The highest BCUT2D eigenvalue weighted by molar-refractivity contribution is 6.01. The fourth-order valence-corrected chi connectivity index (χ4v) is 3.87. The van der Waals surface area contributed by atoms with Crippen molar-refractivity contribution in [1.29, 1.82) is 0 Å². The summed E-state index contributed by atoms with van der Waals surface area (Å²) in [5.41, 5.74) is 6.20. The molecule has 1 aromatic carbocycles. The summed E-state index contributed by atoms with van der Waals surface area (Å²) >= 11 is 0. The fraction of sp³-hybridized carbons (Fsp3) is 0.286. The zero-order valence-electron chi connectivity index (χ0n) is 14.4. The molecule has 0 amide bonds. The third-order valence-corrected chi connectivity index (χ3v) is 5.30. The zero-order valence-corrected chi connectivity index (χ0v) is 14.4. The number of aromatic nitrogens is 3. The van der Waals surface area contributed by atoms with Crippen LogP contribution in [0.4, 0.5) is 0 Å². The number of nitrogens with zero attached hydrogens (tertiary/aromatic N) is 3. The Kier molecular flexibility index (Phi) is 3.68. The van der Waals surface area contributed by atoms with Gasteiger partial charge in [0.2, 0.25) is 0 Å². The highest BCUT2D eigenvalue weighted by Crippen LogP contribution is 2.35. The summed E-state index contributed by atoms with van der Waals surface area (Å²) in [5.74, 6) is 0.250. The number of aryl methyl sites for hydroxylation is 1. The average molecular weight is 345 g/mol. The van der Waals surface area contributed by atoms with E-state index in [4.69, 9.17) is 9.84 Å². The molecule has 0 N–H and O–H groups in total. The molecule has 1 saturated heterocycles. The molecule has 5 rings (SSSR count). The lowest BCUT2D eigenvalue weighted by Gasteiger charge is -2.07. The topological polar surface area (TPSA) is 57.0 Å². The molecule has 0 spiro atoms. The number of hydrogen-bond donors (Lipinski definition) is 0. The van der Waals surface area contributed by atoms with Gasteiger partial charge in [0, 0.05) is 48.3 Å². The van der Waals surface area contributed by atoms with Gasteiger partial charge in [-0.25, -0.2) is 0 Å². The second-order valence-corrected chi connectivity index (χ2v) is 6.92. The van der Waals surface area contributed by atoms with Gasteiger partial charge in [-0.15, -0.1) is 0 Å². The van der Waals surface area contributed by atoms with Crippen LogP contribution in [0, 0.1) is 0 Å². The van der Waals surface area contributed by atoms with E-state index >= 15 is 0 Å². The minimum absolute atomic E-state index is 0.250. The Balaban J connectivity index is 1.64. The fourth-order valence-electron chi connectivity index (χ4n) is 3.87. The Bertz CT molecular complexity index is 972. The Morgan fingerprint density at radius 1 is 1.04 bits per heavy atom. The normalized spacial score (nSPS) is 19.1. The van der Waals surface area contributed by atoms with Crippen molar-refractivity contribution in [3.8, 4) is 22.4 Å². The lowest BCUT2D eigenvalue weighted by Crippen LogP contribution is -2.08. The molecule has 130 valence electrons. The lowest BCUT2D eigenvalue weighted by atomic mass is 9.98. The Morgan fingerprint density at radius 3 is 2.73 bits per heavy atom. The Hall–Kier alpha value is -2.79. The largest absolute Gasteiger partial charge is 0.379 e. The van der Waals surface area contributed by atoms with E-state index in [0.717, 1.165) is 53.0 Å². The molecule has 0 unspecified atom stereocenters. The molecule has 0 radical (unpaired) electrons. The number of benzene rings is 1. The number of carbonyl (C=O) groups excluding carboxylic acids is 1. The number of hydrogen-bond acceptors (Lipinski definition) is 4. The minimum atomic E-state index is 0.250. The van der Waals surface area contributed by atoms with Gasteiger partial charge >= 0.3 is 0 Å². The van der Waals surface area contributed by atoms with Gasteiger partial charge in [-0.1, -0.05) is 18.2 Å². The maximum absolute atomic E-state index is 11.9. The molecule has 5 heteroatoms. The van der Waals surface area contributed by atoms with Crippen LogP contribution >= 0.6 is 0 Å². The molecular weight excluding hydrogens is 326 g/mol. The van der Waals surface area contributed by atoms with Crippen molar-refractivity contribution in [2.45, 2.75) is 25.3 Å². The van der Waals surface area contributed by atoms with Crippen LogP contribution in [-0.2, 0) is 11.2 Å². The van der Waals surface area contributed by atoms with Crippen LogP contribution in [0.3, 0.4) is 0 Å². The van der Waals surface area contributed by atoms with E-state index < -0.39 is 0 Å². The number of carbonyl (C=O) groups is 1. The van der Waals surface area contributed by atoms with Crippen LogP contribution in [0.5, 0.6) is 0 Å². The predicted octanol–water partition coefficient (Wildman–Crippen LogP) is 3.70. The van der Waals surface area contributed by atoms with Gasteiger partial charge in [0.1, 0.15) is 5.69 Å². The van der Waals surface area contributed by atoms with E-state index in [9.17, 15) is 4.79 Å². The molecule has 1 aliphatic carbocycles. The monoisotopic (exact) mass is 345 g/mol. The van der Waals surface area contributed by atoms with Crippen LogP contribution in [0.2, 0.25) is 0 Å². The van der Waals surface area contributed by atoms with Crippen molar-refractivity contribution in [3.63, 3.8) is 0 Å². The predicted molar refractivity (Wildman–Crippen MR) is 98.0 cm³/mol. The quantitative estimate of drug-likeness (QED) is 0.726. The van der Waals surface area contributed by atoms with Gasteiger partial charge < -0.3 is 4.74 Å². The van der Waals surface area contributed by atoms with Crippen LogP contribution in [0.25, 0.3) is 22.4 Å². The summed E-state index contributed by atoms with van der Waals surface area (Å²) in [6.45, 7) is 1.49. The summed E-state index contributed by atoms with van der Waals surface area (Å²) in [7, 11) is 0. The second-order valence-electron chi connectivity index (χ2n) is 6.92. The summed E-state index contributed by atoms with van der Waals surface area (Å²) in [4.78, 5) is 16.1. The Morgan fingerprint density at radius 2 is 1.92 bits per heavy atom. The van der Waals surface area contributed by atoms with Gasteiger partial charge in [0.15, 0.2) is 5.78 Å². The number of ether oxygens (including phenoxy) is 1. The van der Waals surface area contributed by atoms with Crippen molar-refractivity contribution < 1.29 is 9.53 Å². The highest BCUT2D eigenvalue weighted by atomic mass is 16.5. The van der Waals surface area contributed by atoms with Gasteiger partial charge in [0.05, 0.1) is 12.6 Å². The molecule has 5 nitrogen and oxygen atoms in total. The maximum atomic E-state index is 11.9. The van der Waals surface area contributed by atoms with Crippen LogP contribution in [0.1, 0.15) is 34.8 Å². The molecule has 1 aliphatic heterocycles. The second kappa shape index (κ2) is 6.18. The first-order valence-electron chi connectivity index (χ1n) is 9.03. The zero-order chi connectivity index (χ0) is 17.5. The molecule has 1 atom stereocenters. The highest BCUT2D eigenvalue weighted by Gasteiger charge is 2.24. The smallest absolute Gasteiger partial charge is 0.163 e. The summed E-state index contributed by atoms with van der Waals surface area (Å²) in [6, 6.07) is 10.4. The number of fused-ring (bicyclic) bond motifs is 1. The molecule has 3 aromatic rings. The van der Waals surface area contributed by atoms with E-state index in [-0.39, 0.29) is 11.8 Å². The van der Waals surface area contributed by atoms with Gasteiger partial charge in [-0.05, 0) is 36.1 Å². The number of ketones is 1. The molecule has 3 heterocycles. The molecule has 0 saturated carbocycles. The minimum Gasteiger partial charge on any atom is -0.379 e. The number of pyridine rings is 1. The summed E-state index contributed by atoms with van der Waals surface area (Å²) < 4.78 is 7.57. The molecule has 0 bridgehead atoms. The first kappa shape index (κ1) is 15.5.